The van der Waals surface area contributed by atoms with Crippen molar-refractivity contribution in [2.45, 2.75) is 0 Å². The maximum atomic E-state index is 13.6. The molecule has 0 aliphatic heterocycles. The van der Waals surface area contributed by atoms with E-state index in [1.807, 2.05) is 22.8 Å². The lowest BCUT2D eigenvalue weighted by molar-refractivity contribution is 0.388. The molecule has 1 N–H and O–H groups in total. The second kappa shape index (κ2) is 6.52. The number of H-pyrrole nitrogens is 1. The molecule has 0 atom stereocenters. The van der Waals surface area contributed by atoms with Crippen LogP contribution in [0.15, 0.2) is 76.3 Å². The molecule has 6 nitrogen and oxygen atoms in total. The Labute approximate surface area is 162 Å². The van der Waals surface area contributed by atoms with Crippen LogP contribution in [0, 0.1) is 11.6 Å². The predicted octanol–water partition coefficient (Wildman–Crippen LogP) is 4.31. The maximum absolute atomic E-state index is 13.6. The van der Waals surface area contributed by atoms with Crippen molar-refractivity contribution < 1.29 is 13.3 Å². The van der Waals surface area contributed by atoms with Gasteiger partial charge in [-0.2, -0.15) is 0 Å². The molecule has 3 aromatic carbocycles. The number of hydrogen-bond donors (Lipinski definition) is 1. The normalized spacial score (nSPS) is 11.2. The fraction of sp³-hybridized carbons (Fsp3) is 0. The molecule has 2 aromatic heterocycles. The van der Waals surface area contributed by atoms with Gasteiger partial charge in [0.1, 0.15) is 18.0 Å². The van der Waals surface area contributed by atoms with Gasteiger partial charge in [-0.15, -0.1) is 0 Å². The average molecular weight is 390 g/mol. The average Bonchev–Trinajstić information content (AvgIpc) is 3.33. The highest BCUT2D eigenvalue weighted by atomic mass is 19.1. The van der Waals surface area contributed by atoms with Gasteiger partial charge in [-0.1, -0.05) is 17.3 Å². The van der Waals surface area contributed by atoms with Crippen molar-refractivity contribution in [1.29, 1.82) is 0 Å². The first-order chi connectivity index (χ1) is 14.1. The Kier molecular flexibility index (Phi) is 3.83. The summed E-state index contributed by atoms with van der Waals surface area (Å²) in [6.45, 7) is 0. The van der Waals surface area contributed by atoms with Crippen LogP contribution in [0.1, 0.15) is 0 Å². The van der Waals surface area contributed by atoms with Gasteiger partial charge in [0, 0.05) is 17.3 Å². The van der Waals surface area contributed by atoms with Crippen molar-refractivity contribution >= 4 is 11.0 Å². The third-order valence-electron chi connectivity index (χ3n) is 4.58. The lowest BCUT2D eigenvalue weighted by atomic mass is 10.0. The summed E-state index contributed by atoms with van der Waals surface area (Å²) < 4.78 is 33.6. The zero-order valence-electron chi connectivity index (χ0n) is 14.8. The quantitative estimate of drug-likeness (QED) is 0.498. The summed E-state index contributed by atoms with van der Waals surface area (Å²) in [6, 6.07) is 16.1. The summed E-state index contributed by atoms with van der Waals surface area (Å²) in [5.41, 5.74) is 4.04. The van der Waals surface area contributed by atoms with Crippen LogP contribution in [0.25, 0.3) is 39.2 Å². The fourth-order valence-electron chi connectivity index (χ4n) is 3.27. The number of aromatic nitrogens is 4. The fourth-order valence-corrected chi connectivity index (χ4v) is 3.27. The van der Waals surface area contributed by atoms with Crippen molar-refractivity contribution in [2.24, 2.45) is 0 Å². The number of hydrogen-bond acceptors (Lipinski definition) is 4. The molecule has 0 aliphatic rings. The van der Waals surface area contributed by atoms with Crippen LogP contribution in [-0.4, -0.2) is 19.7 Å². The molecule has 8 heteroatoms. The molecule has 0 bridgehead atoms. The first kappa shape index (κ1) is 17.1. The number of imidazole rings is 1. The SMILES string of the molecule is O=c1[nH]c(-c2ccc3ncn(-c4cccc(-c5cc(F)cc(F)c5)c4)c3c2)no1. The standard InChI is InChI=1S/C21H12F2N4O2/c22-15-6-14(7-16(23)10-15)12-2-1-3-17(8-12)27-11-24-18-5-4-13(9-19(18)27)20-25-21(28)29-26-20/h1-11H,(H,25,26,28). The van der Waals surface area contributed by atoms with E-state index in [0.29, 0.717) is 22.5 Å². The van der Waals surface area contributed by atoms with Crippen LogP contribution < -0.4 is 5.76 Å². The summed E-state index contributed by atoms with van der Waals surface area (Å²) in [4.78, 5) is 18.1. The lowest BCUT2D eigenvalue weighted by Crippen LogP contribution is -1.95. The zero-order valence-corrected chi connectivity index (χ0v) is 14.8. The Morgan fingerprint density at radius 1 is 0.897 bits per heavy atom. The van der Waals surface area contributed by atoms with Gasteiger partial charge in [-0.3, -0.25) is 14.1 Å². The number of aromatic amines is 1. The van der Waals surface area contributed by atoms with E-state index in [2.05, 4.69) is 19.6 Å². The van der Waals surface area contributed by atoms with Crippen LogP contribution in [-0.2, 0) is 0 Å². The Morgan fingerprint density at radius 3 is 2.48 bits per heavy atom. The molecule has 5 rings (SSSR count). The number of rotatable bonds is 3. The molecule has 0 aliphatic carbocycles. The van der Waals surface area contributed by atoms with Crippen molar-refractivity contribution in [1.82, 2.24) is 19.7 Å². The molecule has 0 amide bonds. The highest BCUT2D eigenvalue weighted by Gasteiger charge is 2.11. The molecular formula is C21H12F2N4O2. The van der Waals surface area contributed by atoms with Crippen LogP contribution >= 0.6 is 0 Å². The minimum atomic E-state index is -0.636. The largest absolute Gasteiger partial charge is 0.439 e. The van der Waals surface area contributed by atoms with Gasteiger partial charge in [-0.25, -0.2) is 18.6 Å². The first-order valence-corrected chi connectivity index (χ1v) is 8.67. The summed E-state index contributed by atoms with van der Waals surface area (Å²) in [6.07, 6.45) is 1.66. The number of nitrogens with one attached hydrogen (secondary N) is 1. The Morgan fingerprint density at radius 2 is 1.72 bits per heavy atom. The van der Waals surface area contributed by atoms with E-state index in [1.54, 1.807) is 30.6 Å². The molecule has 0 spiro atoms. The monoisotopic (exact) mass is 390 g/mol. The van der Waals surface area contributed by atoms with E-state index < -0.39 is 17.4 Å². The van der Waals surface area contributed by atoms with Gasteiger partial charge in [0.25, 0.3) is 0 Å². The van der Waals surface area contributed by atoms with Gasteiger partial charge >= 0.3 is 5.76 Å². The molecule has 2 heterocycles. The third-order valence-corrected chi connectivity index (χ3v) is 4.58. The smallest absolute Gasteiger partial charge is 0.299 e. The predicted molar refractivity (Wildman–Crippen MR) is 103 cm³/mol. The minimum Gasteiger partial charge on any atom is -0.299 e. The zero-order chi connectivity index (χ0) is 20.0. The molecule has 29 heavy (non-hydrogen) atoms. The van der Waals surface area contributed by atoms with Crippen LogP contribution in [0.5, 0.6) is 0 Å². The second-order valence-corrected chi connectivity index (χ2v) is 6.47. The highest BCUT2D eigenvalue weighted by Crippen LogP contribution is 2.27. The lowest BCUT2D eigenvalue weighted by Gasteiger charge is -2.08. The van der Waals surface area contributed by atoms with Crippen molar-refractivity contribution in [3.05, 3.63) is 89.2 Å². The minimum absolute atomic E-state index is 0.314. The molecule has 0 unspecified atom stereocenters. The molecule has 5 aromatic rings. The molecular weight excluding hydrogens is 378 g/mol. The number of halogens is 2. The molecule has 0 saturated heterocycles. The molecule has 142 valence electrons. The number of nitrogens with zero attached hydrogens (tertiary/aromatic N) is 3. The van der Waals surface area contributed by atoms with E-state index in [-0.39, 0.29) is 0 Å². The highest BCUT2D eigenvalue weighted by molar-refractivity contribution is 5.82. The summed E-state index contributed by atoms with van der Waals surface area (Å²) in [5, 5.41) is 3.71. The first-order valence-electron chi connectivity index (χ1n) is 8.67. The Bertz CT molecular complexity index is 1400. The van der Waals surface area contributed by atoms with Crippen LogP contribution in [0.3, 0.4) is 0 Å². The Balaban J connectivity index is 1.63. The number of fused-ring (bicyclic) bond motifs is 1. The van der Waals surface area contributed by atoms with Crippen LogP contribution in [0.2, 0.25) is 0 Å². The maximum Gasteiger partial charge on any atom is 0.439 e. The third kappa shape index (κ3) is 3.10. The summed E-state index contributed by atoms with van der Waals surface area (Å²) in [5.74, 6) is -1.59. The van der Waals surface area contributed by atoms with E-state index in [0.717, 1.165) is 22.8 Å². The van der Waals surface area contributed by atoms with E-state index in [1.165, 1.54) is 12.1 Å². The van der Waals surface area contributed by atoms with E-state index in [4.69, 9.17) is 0 Å². The van der Waals surface area contributed by atoms with Gasteiger partial charge in [-0.05, 0) is 53.6 Å². The van der Waals surface area contributed by atoms with Gasteiger partial charge in [0.15, 0.2) is 5.82 Å². The molecule has 0 radical (unpaired) electrons. The van der Waals surface area contributed by atoms with Gasteiger partial charge in [0.05, 0.1) is 11.0 Å². The molecule has 0 saturated carbocycles. The number of benzene rings is 3. The van der Waals surface area contributed by atoms with Crippen molar-refractivity contribution in [3.8, 4) is 28.2 Å². The summed E-state index contributed by atoms with van der Waals surface area (Å²) >= 11 is 0. The Hall–Kier alpha value is -4.07. The second-order valence-electron chi connectivity index (χ2n) is 6.47. The van der Waals surface area contributed by atoms with Gasteiger partial charge in [0.2, 0.25) is 0 Å². The van der Waals surface area contributed by atoms with Gasteiger partial charge < -0.3 is 0 Å². The summed E-state index contributed by atoms with van der Waals surface area (Å²) in [7, 11) is 0. The van der Waals surface area contributed by atoms with Crippen molar-refractivity contribution in [3.63, 3.8) is 0 Å². The van der Waals surface area contributed by atoms with Crippen molar-refractivity contribution in [2.75, 3.05) is 0 Å². The van der Waals surface area contributed by atoms with E-state index >= 15 is 0 Å². The topological polar surface area (TPSA) is 76.7 Å². The van der Waals surface area contributed by atoms with Crippen LogP contribution in [0.4, 0.5) is 8.78 Å². The van der Waals surface area contributed by atoms with E-state index in [9.17, 15) is 13.6 Å². The molecule has 0 fully saturated rings.